The zero-order valence-electron chi connectivity index (χ0n) is 19.0. The van der Waals surface area contributed by atoms with Crippen LogP contribution in [0, 0.1) is 13.8 Å². The summed E-state index contributed by atoms with van der Waals surface area (Å²) in [5.41, 5.74) is 5.14. The molecule has 8 heteroatoms. The van der Waals surface area contributed by atoms with E-state index in [1.54, 1.807) is 17.2 Å². The number of hydrogen-bond acceptors (Lipinski definition) is 6. The van der Waals surface area contributed by atoms with Gasteiger partial charge in [0.2, 0.25) is 5.91 Å². The van der Waals surface area contributed by atoms with Crippen molar-refractivity contribution in [3.05, 3.63) is 53.9 Å². The summed E-state index contributed by atoms with van der Waals surface area (Å²) in [5, 5.41) is 7.12. The van der Waals surface area contributed by atoms with Crippen LogP contribution in [0.3, 0.4) is 0 Å². The molecule has 1 aliphatic heterocycles. The number of nitrogens with zero attached hydrogens (tertiary/aromatic N) is 5. The van der Waals surface area contributed by atoms with Crippen LogP contribution in [0.5, 0.6) is 5.75 Å². The molecule has 3 aromatic rings. The zero-order chi connectivity index (χ0) is 22.5. The van der Waals surface area contributed by atoms with Crippen molar-refractivity contribution >= 4 is 11.6 Å². The molecule has 168 valence electrons. The van der Waals surface area contributed by atoms with E-state index < -0.39 is 0 Å². The molecule has 1 saturated heterocycles. The Morgan fingerprint density at radius 1 is 1.12 bits per heavy atom. The highest BCUT2D eigenvalue weighted by atomic mass is 16.5. The Morgan fingerprint density at radius 3 is 2.56 bits per heavy atom. The average molecular weight is 435 g/mol. The van der Waals surface area contributed by atoms with Crippen LogP contribution in [0.25, 0.3) is 11.1 Å². The van der Waals surface area contributed by atoms with Crippen LogP contribution in [0.2, 0.25) is 0 Å². The second-order valence-corrected chi connectivity index (χ2v) is 8.20. The number of aromatic nitrogens is 4. The van der Waals surface area contributed by atoms with Crippen LogP contribution in [0.4, 0.5) is 5.69 Å². The molecular weight excluding hydrogens is 404 g/mol. The smallest absolute Gasteiger partial charge is 0.230 e. The lowest BCUT2D eigenvalue weighted by Crippen LogP contribution is -2.25. The zero-order valence-corrected chi connectivity index (χ0v) is 19.0. The molecule has 2 aromatic heterocycles. The molecule has 0 saturated carbocycles. The number of amides is 1. The molecule has 0 aliphatic carbocycles. The quantitative estimate of drug-likeness (QED) is 0.586. The molecule has 32 heavy (non-hydrogen) atoms. The normalized spacial score (nSPS) is 14.0. The number of ether oxygens (including phenoxy) is 1. The number of benzene rings is 1. The minimum absolute atomic E-state index is 0.0972. The van der Waals surface area contributed by atoms with Crippen molar-refractivity contribution < 1.29 is 9.53 Å². The Morgan fingerprint density at radius 2 is 1.88 bits per heavy atom. The molecule has 0 spiro atoms. The highest BCUT2D eigenvalue weighted by Crippen LogP contribution is 2.35. The molecule has 8 nitrogen and oxygen atoms in total. The van der Waals surface area contributed by atoms with Gasteiger partial charge in [0.15, 0.2) is 0 Å². The molecule has 0 unspecified atom stereocenters. The Balaban J connectivity index is 1.56. The van der Waals surface area contributed by atoms with E-state index in [0.29, 0.717) is 12.3 Å². The van der Waals surface area contributed by atoms with E-state index in [-0.39, 0.29) is 12.3 Å². The summed E-state index contributed by atoms with van der Waals surface area (Å²) in [5.74, 6) is 0.676. The molecule has 0 bridgehead atoms. The predicted octanol–water partition coefficient (Wildman–Crippen LogP) is 3.15. The van der Waals surface area contributed by atoms with Crippen molar-refractivity contribution in [3.63, 3.8) is 0 Å². The van der Waals surface area contributed by atoms with Crippen LogP contribution >= 0.6 is 0 Å². The lowest BCUT2D eigenvalue weighted by Gasteiger charge is -2.18. The first kappa shape index (κ1) is 22.0. The molecule has 0 atom stereocenters. The van der Waals surface area contributed by atoms with Crippen molar-refractivity contribution in [2.75, 3.05) is 31.6 Å². The Bertz CT molecular complexity index is 1070. The maximum Gasteiger partial charge on any atom is 0.230 e. The summed E-state index contributed by atoms with van der Waals surface area (Å²) in [4.78, 5) is 23.8. The minimum atomic E-state index is -0.0972. The summed E-state index contributed by atoms with van der Waals surface area (Å²) >= 11 is 0. The highest BCUT2D eigenvalue weighted by Gasteiger charge is 2.17. The minimum Gasteiger partial charge on any atom is -0.492 e. The number of hydrogen-bond donors (Lipinski definition) is 1. The maximum absolute atomic E-state index is 12.6. The molecule has 4 rings (SSSR count). The Labute approximate surface area is 188 Å². The Hall–Kier alpha value is -3.26. The van der Waals surface area contributed by atoms with Crippen molar-refractivity contribution in [1.29, 1.82) is 0 Å². The highest BCUT2D eigenvalue weighted by molar-refractivity contribution is 5.93. The van der Waals surface area contributed by atoms with Gasteiger partial charge in [-0.3, -0.25) is 14.4 Å². The van der Waals surface area contributed by atoms with Gasteiger partial charge in [-0.05, 0) is 64.0 Å². The second kappa shape index (κ2) is 9.91. The topological polar surface area (TPSA) is 85.2 Å². The van der Waals surface area contributed by atoms with Gasteiger partial charge in [-0.1, -0.05) is 0 Å². The van der Waals surface area contributed by atoms with Gasteiger partial charge < -0.3 is 10.1 Å². The standard InChI is InChI=1S/C24H30N6O2/c1-17-24(18(2)26-16-25-17)21-14-19(28-23(31)15-20-8-9-27-29(20)3)6-7-22(21)32-13-12-30-10-4-5-11-30/h6-9,14,16H,4-5,10-13,15H2,1-3H3,(H,28,31). The third kappa shape index (κ3) is 5.13. The van der Waals surface area contributed by atoms with Gasteiger partial charge in [0.25, 0.3) is 0 Å². The number of rotatable bonds is 8. The fourth-order valence-electron chi connectivity index (χ4n) is 4.15. The summed E-state index contributed by atoms with van der Waals surface area (Å²) in [7, 11) is 1.83. The first-order chi connectivity index (χ1) is 15.5. The number of carbonyl (C=O) groups excluding carboxylic acids is 1. The fraction of sp³-hybridized carbons (Fsp3) is 0.417. The average Bonchev–Trinajstić information content (AvgIpc) is 3.41. The van der Waals surface area contributed by atoms with Crippen LogP contribution in [0.1, 0.15) is 29.9 Å². The summed E-state index contributed by atoms with van der Waals surface area (Å²) in [6, 6.07) is 7.59. The lowest BCUT2D eigenvalue weighted by molar-refractivity contribution is -0.115. The largest absolute Gasteiger partial charge is 0.492 e. The number of likely N-dealkylation sites (tertiary alicyclic amines) is 1. The SMILES string of the molecule is Cc1ncnc(C)c1-c1cc(NC(=O)Cc2ccnn2C)ccc1OCCN1CCCC1. The third-order valence-electron chi connectivity index (χ3n) is 5.89. The van der Waals surface area contributed by atoms with E-state index in [1.807, 2.05) is 45.2 Å². The van der Waals surface area contributed by atoms with Crippen molar-refractivity contribution in [1.82, 2.24) is 24.6 Å². The molecule has 3 heterocycles. The first-order valence-electron chi connectivity index (χ1n) is 11.1. The van der Waals surface area contributed by atoms with Gasteiger partial charge in [-0.25, -0.2) is 9.97 Å². The van der Waals surface area contributed by atoms with Gasteiger partial charge in [-0.15, -0.1) is 0 Å². The fourth-order valence-corrected chi connectivity index (χ4v) is 4.15. The predicted molar refractivity (Wildman–Crippen MR) is 124 cm³/mol. The van der Waals surface area contributed by atoms with Crippen LogP contribution in [0.15, 0.2) is 36.8 Å². The van der Waals surface area contributed by atoms with E-state index >= 15 is 0 Å². The molecule has 1 aliphatic rings. The molecular formula is C24H30N6O2. The molecule has 1 N–H and O–H groups in total. The summed E-state index contributed by atoms with van der Waals surface area (Å²) in [6.45, 7) is 7.74. The van der Waals surface area contributed by atoms with Crippen LogP contribution in [-0.2, 0) is 18.3 Å². The lowest BCUT2D eigenvalue weighted by atomic mass is 10.0. The number of nitrogens with one attached hydrogen (secondary N) is 1. The van der Waals surface area contributed by atoms with Gasteiger partial charge >= 0.3 is 0 Å². The van der Waals surface area contributed by atoms with Gasteiger partial charge in [0, 0.05) is 53.7 Å². The van der Waals surface area contributed by atoms with Gasteiger partial charge in [0.05, 0.1) is 6.42 Å². The number of anilines is 1. The first-order valence-corrected chi connectivity index (χ1v) is 11.1. The van der Waals surface area contributed by atoms with Crippen molar-refractivity contribution in [2.45, 2.75) is 33.1 Å². The van der Waals surface area contributed by atoms with E-state index in [1.165, 1.54) is 12.8 Å². The number of carbonyl (C=O) groups is 1. The summed E-state index contributed by atoms with van der Waals surface area (Å²) < 4.78 is 7.91. The van der Waals surface area contributed by atoms with Crippen molar-refractivity contribution in [2.24, 2.45) is 7.05 Å². The van der Waals surface area contributed by atoms with E-state index in [4.69, 9.17) is 4.74 Å². The van der Waals surface area contributed by atoms with Crippen molar-refractivity contribution in [3.8, 4) is 16.9 Å². The molecule has 1 fully saturated rings. The van der Waals surface area contributed by atoms with Gasteiger partial charge in [0.1, 0.15) is 18.7 Å². The second-order valence-electron chi connectivity index (χ2n) is 8.20. The molecule has 1 amide bonds. The third-order valence-corrected chi connectivity index (χ3v) is 5.89. The Kier molecular flexibility index (Phi) is 6.80. The monoisotopic (exact) mass is 434 g/mol. The molecule has 0 radical (unpaired) electrons. The molecule has 1 aromatic carbocycles. The van der Waals surface area contributed by atoms with E-state index in [9.17, 15) is 4.79 Å². The maximum atomic E-state index is 12.6. The van der Waals surface area contributed by atoms with Gasteiger partial charge in [-0.2, -0.15) is 5.10 Å². The summed E-state index contributed by atoms with van der Waals surface area (Å²) in [6.07, 6.45) is 6.04. The van der Waals surface area contributed by atoms with Crippen LogP contribution < -0.4 is 10.1 Å². The van der Waals surface area contributed by atoms with E-state index in [0.717, 1.165) is 53.6 Å². The van der Waals surface area contributed by atoms with Crippen LogP contribution in [-0.4, -0.2) is 56.8 Å². The number of aryl methyl sites for hydroxylation is 3. The van der Waals surface area contributed by atoms with E-state index in [2.05, 4.69) is 25.3 Å².